The van der Waals surface area contributed by atoms with Crippen LogP contribution in [0.25, 0.3) is 0 Å². The van der Waals surface area contributed by atoms with Crippen LogP contribution in [-0.4, -0.2) is 84.1 Å². The molecule has 2 atom stereocenters. The lowest BCUT2D eigenvalue weighted by Gasteiger charge is -2.24. The lowest BCUT2D eigenvalue weighted by molar-refractivity contribution is -0.150. The Hall–Kier alpha value is -1.97. The zero-order valence-electron chi connectivity index (χ0n) is 39.5. The molecule has 0 radical (unpaired) electrons. The molecule has 9 nitrogen and oxygen atoms in total. The van der Waals surface area contributed by atoms with E-state index >= 15 is 0 Å². The minimum absolute atomic E-state index is 0.0214. The molecule has 60 heavy (non-hydrogen) atoms. The Morgan fingerprint density at radius 1 is 0.600 bits per heavy atom. The summed E-state index contributed by atoms with van der Waals surface area (Å²) in [7, 11) is 0. The molecule has 0 bridgehead atoms. The molecule has 1 rings (SSSR count). The van der Waals surface area contributed by atoms with Crippen molar-refractivity contribution in [3.05, 3.63) is 11.6 Å². The molecule has 0 aliphatic heterocycles. The maximum absolute atomic E-state index is 12.9. The quantitative estimate of drug-likeness (QED) is 0.0409. The predicted octanol–water partition coefficient (Wildman–Crippen LogP) is 12.2. The third-order valence-corrected chi connectivity index (χ3v) is 12.3. The van der Waals surface area contributed by atoms with Crippen LogP contribution in [0.3, 0.4) is 0 Å². The van der Waals surface area contributed by atoms with Gasteiger partial charge in [-0.25, -0.2) is 0 Å². The Morgan fingerprint density at radius 3 is 1.58 bits per heavy atom. The van der Waals surface area contributed by atoms with Crippen LogP contribution in [0.5, 0.6) is 0 Å². The number of aliphatic hydroxyl groups is 2. The first kappa shape index (κ1) is 56.0. The predicted molar refractivity (Wildman–Crippen MR) is 249 cm³/mol. The molecular formula is C51H96N2O7. The van der Waals surface area contributed by atoms with Crippen molar-refractivity contribution < 1.29 is 34.1 Å². The van der Waals surface area contributed by atoms with E-state index in [2.05, 4.69) is 31.0 Å². The summed E-state index contributed by atoms with van der Waals surface area (Å²) >= 11 is 0. The normalized spacial score (nSPS) is 15.4. The first-order chi connectivity index (χ1) is 29.3. The van der Waals surface area contributed by atoms with Crippen LogP contribution in [0.4, 0.5) is 0 Å². The largest absolute Gasteiger partial charge is 0.466 e. The Morgan fingerprint density at radius 2 is 1.05 bits per heavy atom. The van der Waals surface area contributed by atoms with Crippen LogP contribution in [0.15, 0.2) is 11.6 Å². The average Bonchev–Trinajstić information content (AvgIpc) is 3.23. The molecule has 0 heterocycles. The molecule has 0 aromatic rings. The number of nitrogens with zero attached hydrogens (tertiary/aromatic N) is 1. The fourth-order valence-corrected chi connectivity index (χ4v) is 8.24. The van der Waals surface area contributed by atoms with Gasteiger partial charge in [0.15, 0.2) is 0 Å². The van der Waals surface area contributed by atoms with E-state index < -0.39 is 12.2 Å². The van der Waals surface area contributed by atoms with E-state index in [4.69, 9.17) is 9.47 Å². The molecule has 1 aliphatic carbocycles. The van der Waals surface area contributed by atoms with Crippen LogP contribution >= 0.6 is 0 Å². The number of hydrogen-bond acceptors (Lipinski definition) is 8. The Labute approximate surface area is 369 Å². The SMILES string of the molecule is CCCCCCCCCCCOC(=O)CCCCCN(CCCCCCCC(=O)OC(CCCCCCCC)CCCCCCCC)CCNC(=O)C1=CC(O)C(O)CC1. The Bertz CT molecular complexity index is 1040. The van der Waals surface area contributed by atoms with Crippen LogP contribution in [-0.2, 0) is 23.9 Å². The highest BCUT2D eigenvalue weighted by molar-refractivity contribution is 5.93. The molecule has 9 heteroatoms. The second-order valence-electron chi connectivity index (χ2n) is 18.0. The van der Waals surface area contributed by atoms with E-state index in [1.807, 2.05) is 0 Å². The number of nitrogens with one attached hydrogen (secondary N) is 1. The van der Waals surface area contributed by atoms with Gasteiger partial charge in [-0.15, -0.1) is 0 Å². The summed E-state index contributed by atoms with van der Waals surface area (Å²) in [5, 5.41) is 22.8. The van der Waals surface area contributed by atoms with E-state index in [0.717, 1.165) is 110 Å². The second kappa shape index (κ2) is 41.1. The highest BCUT2D eigenvalue weighted by atomic mass is 16.5. The third-order valence-electron chi connectivity index (χ3n) is 12.3. The summed E-state index contributed by atoms with van der Waals surface area (Å²) in [6.45, 7) is 10.4. The number of unbranched alkanes of at least 4 members (excludes halogenated alkanes) is 24. The monoisotopic (exact) mass is 849 g/mol. The number of hydrogen-bond donors (Lipinski definition) is 3. The van der Waals surface area contributed by atoms with Gasteiger partial charge in [0.1, 0.15) is 6.10 Å². The van der Waals surface area contributed by atoms with Crippen LogP contribution < -0.4 is 5.32 Å². The molecule has 352 valence electrons. The summed E-state index contributed by atoms with van der Waals surface area (Å²) in [5.41, 5.74) is 0.541. The van der Waals surface area contributed by atoms with Crippen molar-refractivity contribution in [1.82, 2.24) is 10.2 Å². The number of aliphatic hydroxyl groups excluding tert-OH is 2. The second-order valence-corrected chi connectivity index (χ2v) is 18.0. The fraction of sp³-hybridized carbons (Fsp3) is 0.902. The van der Waals surface area contributed by atoms with E-state index in [1.165, 1.54) is 115 Å². The summed E-state index contributed by atoms with van der Waals surface area (Å²) in [4.78, 5) is 40.3. The van der Waals surface area contributed by atoms with Crippen molar-refractivity contribution in [2.45, 2.75) is 264 Å². The lowest BCUT2D eigenvalue weighted by Crippen LogP contribution is -2.38. The number of rotatable bonds is 43. The van der Waals surface area contributed by atoms with Gasteiger partial charge in [0.2, 0.25) is 5.91 Å². The number of carbonyl (C=O) groups is 3. The van der Waals surface area contributed by atoms with Gasteiger partial charge in [-0.05, 0) is 89.8 Å². The zero-order valence-corrected chi connectivity index (χ0v) is 39.5. The maximum atomic E-state index is 12.9. The number of esters is 2. The lowest BCUT2D eigenvalue weighted by atomic mass is 9.94. The fourth-order valence-electron chi connectivity index (χ4n) is 8.24. The first-order valence-electron chi connectivity index (χ1n) is 25.7. The molecule has 0 spiro atoms. The smallest absolute Gasteiger partial charge is 0.306 e. The van der Waals surface area contributed by atoms with Crippen molar-refractivity contribution in [2.24, 2.45) is 0 Å². The summed E-state index contributed by atoms with van der Waals surface area (Å²) in [6.07, 6.45) is 37.9. The molecule has 1 amide bonds. The van der Waals surface area contributed by atoms with E-state index in [0.29, 0.717) is 44.4 Å². The van der Waals surface area contributed by atoms with Crippen molar-refractivity contribution >= 4 is 17.8 Å². The molecule has 0 saturated heterocycles. The van der Waals surface area contributed by atoms with E-state index in [1.54, 1.807) is 0 Å². The number of ether oxygens (including phenoxy) is 2. The number of carbonyl (C=O) groups excluding carboxylic acids is 3. The molecule has 0 saturated carbocycles. The van der Waals surface area contributed by atoms with Crippen LogP contribution in [0.1, 0.15) is 245 Å². The van der Waals surface area contributed by atoms with Crippen LogP contribution in [0.2, 0.25) is 0 Å². The third kappa shape index (κ3) is 33.6. The van der Waals surface area contributed by atoms with E-state index in [-0.39, 0.29) is 23.9 Å². The Kier molecular flexibility index (Phi) is 38.4. The van der Waals surface area contributed by atoms with Crippen molar-refractivity contribution in [2.75, 3.05) is 32.8 Å². The van der Waals surface area contributed by atoms with E-state index in [9.17, 15) is 24.6 Å². The van der Waals surface area contributed by atoms with Gasteiger partial charge < -0.3 is 29.9 Å². The molecule has 2 unspecified atom stereocenters. The topological polar surface area (TPSA) is 125 Å². The molecule has 0 aromatic carbocycles. The van der Waals surface area contributed by atoms with Crippen molar-refractivity contribution in [1.29, 1.82) is 0 Å². The van der Waals surface area contributed by atoms with Gasteiger partial charge in [-0.3, -0.25) is 14.4 Å². The van der Waals surface area contributed by atoms with Crippen molar-refractivity contribution in [3.63, 3.8) is 0 Å². The summed E-state index contributed by atoms with van der Waals surface area (Å²) in [5.74, 6) is -0.276. The van der Waals surface area contributed by atoms with Gasteiger partial charge in [-0.2, -0.15) is 0 Å². The van der Waals surface area contributed by atoms with Gasteiger partial charge in [0.25, 0.3) is 0 Å². The molecular weight excluding hydrogens is 753 g/mol. The highest BCUT2D eigenvalue weighted by Gasteiger charge is 2.24. The number of amides is 1. The highest BCUT2D eigenvalue weighted by Crippen LogP contribution is 2.20. The minimum Gasteiger partial charge on any atom is -0.466 e. The molecule has 1 aliphatic rings. The van der Waals surface area contributed by atoms with Crippen molar-refractivity contribution in [3.8, 4) is 0 Å². The first-order valence-corrected chi connectivity index (χ1v) is 25.7. The van der Waals surface area contributed by atoms with Crippen LogP contribution in [0, 0.1) is 0 Å². The van der Waals surface area contributed by atoms with Gasteiger partial charge in [-0.1, -0.05) is 162 Å². The van der Waals surface area contributed by atoms with Gasteiger partial charge in [0.05, 0.1) is 18.8 Å². The van der Waals surface area contributed by atoms with Gasteiger partial charge >= 0.3 is 11.9 Å². The minimum atomic E-state index is -0.990. The molecule has 3 N–H and O–H groups in total. The average molecular weight is 849 g/mol. The van der Waals surface area contributed by atoms with Gasteiger partial charge in [0, 0.05) is 31.5 Å². The maximum Gasteiger partial charge on any atom is 0.306 e. The molecule has 0 aromatic heterocycles. The summed E-state index contributed by atoms with van der Waals surface area (Å²) in [6, 6.07) is 0. The zero-order chi connectivity index (χ0) is 43.7. The standard InChI is InChI=1S/C51H96N2O7/c1-4-7-10-13-16-17-18-24-32-43-59-49(56)35-29-25-31-41-53(42-39-52-51(58)45-37-38-47(54)48(55)44-45)40-30-23-19-22-28-36-50(57)60-46(33-26-20-14-11-8-5-2)34-27-21-15-12-9-6-3/h44,46-48,54-55H,4-43H2,1-3H3,(H,52,58). The Balaban J connectivity index is 2.40. The summed E-state index contributed by atoms with van der Waals surface area (Å²) < 4.78 is 11.5. The molecule has 0 fully saturated rings.